The SMILES string of the molecule is CNCc1occc1CN(C)C1CCSC1. The average molecular weight is 240 g/mol. The van der Waals surface area contributed by atoms with E-state index < -0.39 is 0 Å². The summed E-state index contributed by atoms with van der Waals surface area (Å²) in [6.45, 7) is 1.81. The van der Waals surface area contributed by atoms with Crippen molar-refractivity contribution in [3.05, 3.63) is 23.7 Å². The molecule has 4 heteroatoms. The van der Waals surface area contributed by atoms with Crippen LogP contribution >= 0.6 is 11.8 Å². The average Bonchev–Trinajstić information content (AvgIpc) is 2.90. The Hall–Kier alpha value is -0.450. The largest absolute Gasteiger partial charge is 0.468 e. The summed E-state index contributed by atoms with van der Waals surface area (Å²) in [5.74, 6) is 3.65. The second kappa shape index (κ2) is 5.75. The topological polar surface area (TPSA) is 28.4 Å². The Morgan fingerprint density at radius 3 is 3.19 bits per heavy atom. The van der Waals surface area contributed by atoms with E-state index in [-0.39, 0.29) is 0 Å². The minimum absolute atomic E-state index is 0.738. The van der Waals surface area contributed by atoms with Crippen molar-refractivity contribution in [3.8, 4) is 0 Å². The van der Waals surface area contributed by atoms with E-state index in [9.17, 15) is 0 Å². The maximum Gasteiger partial charge on any atom is 0.122 e. The van der Waals surface area contributed by atoms with Gasteiger partial charge >= 0.3 is 0 Å². The molecule has 1 atom stereocenters. The Kier molecular flexibility index (Phi) is 4.32. The van der Waals surface area contributed by atoms with Gasteiger partial charge in [0.15, 0.2) is 0 Å². The summed E-state index contributed by atoms with van der Waals surface area (Å²) in [5, 5.41) is 3.14. The molecule has 0 amide bonds. The van der Waals surface area contributed by atoms with Crippen molar-refractivity contribution in [1.29, 1.82) is 0 Å². The van der Waals surface area contributed by atoms with Crippen LogP contribution < -0.4 is 5.32 Å². The summed E-state index contributed by atoms with van der Waals surface area (Å²) in [6.07, 6.45) is 3.11. The third-order valence-electron chi connectivity index (χ3n) is 3.12. The Bertz CT molecular complexity index is 321. The van der Waals surface area contributed by atoms with E-state index in [0.717, 1.165) is 24.9 Å². The zero-order chi connectivity index (χ0) is 11.4. The molecule has 3 nitrogen and oxygen atoms in total. The first-order valence-electron chi connectivity index (χ1n) is 5.79. The van der Waals surface area contributed by atoms with Gasteiger partial charge in [0.05, 0.1) is 12.8 Å². The van der Waals surface area contributed by atoms with Crippen LogP contribution in [0.1, 0.15) is 17.7 Å². The summed E-state index contributed by atoms with van der Waals surface area (Å²) in [7, 11) is 4.16. The van der Waals surface area contributed by atoms with Gasteiger partial charge in [-0.2, -0.15) is 11.8 Å². The van der Waals surface area contributed by atoms with Gasteiger partial charge in [0.2, 0.25) is 0 Å². The van der Waals surface area contributed by atoms with Gasteiger partial charge in [-0.3, -0.25) is 4.90 Å². The molecule has 0 radical (unpaired) electrons. The first-order valence-corrected chi connectivity index (χ1v) is 6.94. The maximum atomic E-state index is 5.47. The molecule has 1 aliphatic rings. The van der Waals surface area contributed by atoms with Gasteiger partial charge < -0.3 is 9.73 Å². The van der Waals surface area contributed by atoms with Crippen LogP contribution in [0.2, 0.25) is 0 Å². The Balaban J connectivity index is 1.94. The highest BCUT2D eigenvalue weighted by molar-refractivity contribution is 7.99. The van der Waals surface area contributed by atoms with Crippen LogP contribution in [-0.2, 0) is 13.1 Å². The van der Waals surface area contributed by atoms with Crippen LogP contribution in [0.4, 0.5) is 0 Å². The molecule has 0 aliphatic carbocycles. The van der Waals surface area contributed by atoms with Gasteiger partial charge in [0.1, 0.15) is 5.76 Å². The molecule has 0 spiro atoms. The van der Waals surface area contributed by atoms with Gasteiger partial charge in [-0.15, -0.1) is 0 Å². The number of nitrogens with zero attached hydrogens (tertiary/aromatic N) is 1. The summed E-state index contributed by atoms with van der Waals surface area (Å²) in [6, 6.07) is 2.83. The number of furan rings is 1. The maximum absolute atomic E-state index is 5.47. The van der Waals surface area contributed by atoms with Crippen molar-refractivity contribution < 1.29 is 4.42 Å². The van der Waals surface area contributed by atoms with Crippen molar-refractivity contribution in [2.24, 2.45) is 0 Å². The second-order valence-corrected chi connectivity index (χ2v) is 5.48. The van der Waals surface area contributed by atoms with Gasteiger partial charge in [-0.25, -0.2) is 0 Å². The van der Waals surface area contributed by atoms with Crippen LogP contribution in [-0.4, -0.2) is 36.5 Å². The molecule has 1 fully saturated rings. The van der Waals surface area contributed by atoms with Crippen LogP contribution in [0.15, 0.2) is 16.7 Å². The lowest BCUT2D eigenvalue weighted by Gasteiger charge is -2.23. The highest BCUT2D eigenvalue weighted by atomic mass is 32.2. The second-order valence-electron chi connectivity index (χ2n) is 4.33. The standard InChI is InChI=1S/C12H20N2OS/c1-13-7-12-10(3-5-15-12)8-14(2)11-4-6-16-9-11/h3,5,11,13H,4,6-9H2,1-2H3. The third-order valence-corrected chi connectivity index (χ3v) is 4.27. The van der Waals surface area contributed by atoms with Crippen molar-refractivity contribution in [1.82, 2.24) is 10.2 Å². The van der Waals surface area contributed by atoms with Crippen molar-refractivity contribution >= 4 is 11.8 Å². The first-order chi connectivity index (χ1) is 7.81. The van der Waals surface area contributed by atoms with Gasteiger partial charge in [-0.05, 0) is 32.3 Å². The zero-order valence-electron chi connectivity index (χ0n) is 10.0. The molecule has 1 N–H and O–H groups in total. The van der Waals surface area contributed by atoms with E-state index in [1.165, 1.54) is 23.5 Å². The van der Waals surface area contributed by atoms with Gasteiger partial charge in [-0.1, -0.05) is 0 Å². The Morgan fingerprint density at radius 1 is 1.62 bits per heavy atom. The summed E-state index contributed by atoms with van der Waals surface area (Å²) >= 11 is 2.06. The lowest BCUT2D eigenvalue weighted by atomic mass is 10.2. The lowest BCUT2D eigenvalue weighted by molar-refractivity contribution is 0.252. The van der Waals surface area contributed by atoms with E-state index in [2.05, 4.69) is 35.1 Å². The van der Waals surface area contributed by atoms with E-state index in [1.54, 1.807) is 6.26 Å². The third kappa shape index (κ3) is 2.81. The Morgan fingerprint density at radius 2 is 2.50 bits per heavy atom. The summed E-state index contributed by atoms with van der Waals surface area (Å²) in [4.78, 5) is 2.45. The predicted molar refractivity (Wildman–Crippen MR) is 68.7 cm³/mol. The molecule has 2 heterocycles. The molecule has 0 saturated carbocycles. The van der Waals surface area contributed by atoms with E-state index in [1.807, 2.05) is 7.05 Å². The zero-order valence-corrected chi connectivity index (χ0v) is 10.8. The van der Waals surface area contributed by atoms with E-state index in [0.29, 0.717) is 0 Å². The van der Waals surface area contributed by atoms with Crippen LogP contribution in [0.3, 0.4) is 0 Å². The van der Waals surface area contributed by atoms with Crippen LogP contribution in [0.5, 0.6) is 0 Å². The molecule has 1 unspecified atom stereocenters. The summed E-state index contributed by atoms with van der Waals surface area (Å²) in [5.41, 5.74) is 1.31. The molecule has 1 aromatic heterocycles. The number of thioether (sulfide) groups is 1. The first kappa shape index (κ1) is 12.0. The van der Waals surface area contributed by atoms with E-state index >= 15 is 0 Å². The number of hydrogen-bond donors (Lipinski definition) is 1. The molecule has 16 heavy (non-hydrogen) atoms. The highest BCUT2D eigenvalue weighted by Crippen LogP contribution is 2.23. The number of rotatable bonds is 5. The molecule has 0 aromatic carbocycles. The minimum atomic E-state index is 0.738. The molecular weight excluding hydrogens is 220 g/mol. The van der Waals surface area contributed by atoms with Crippen molar-refractivity contribution in [3.63, 3.8) is 0 Å². The highest BCUT2D eigenvalue weighted by Gasteiger charge is 2.21. The van der Waals surface area contributed by atoms with E-state index in [4.69, 9.17) is 4.42 Å². The molecule has 1 saturated heterocycles. The molecule has 0 bridgehead atoms. The fourth-order valence-corrected chi connectivity index (χ4v) is 3.39. The smallest absolute Gasteiger partial charge is 0.122 e. The number of nitrogens with one attached hydrogen (secondary N) is 1. The van der Waals surface area contributed by atoms with Crippen LogP contribution in [0.25, 0.3) is 0 Å². The van der Waals surface area contributed by atoms with Crippen molar-refractivity contribution in [2.45, 2.75) is 25.6 Å². The molecule has 90 valence electrons. The number of hydrogen-bond acceptors (Lipinski definition) is 4. The fraction of sp³-hybridized carbons (Fsp3) is 0.667. The lowest BCUT2D eigenvalue weighted by Crippen LogP contribution is -2.31. The van der Waals surface area contributed by atoms with Crippen molar-refractivity contribution in [2.75, 3.05) is 25.6 Å². The Labute approximate surface area is 102 Å². The van der Waals surface area contributed by atoms with Gasteiger partial charge in [0, 0.05) is 23.9 Å². The quantitative estimate of drug-likeness (QED) is 0.851. The molecular formula is C12H20N2OS. The molecule has 1 aliphatic heterocycles. The van der Waals surface area contributed by atoms with Crippen LogP contribution in [0, 0.1) is 0 Å². The molecule has 1 aromatic rings. The monoisotopic (exact) mass is 240 g/mol. The summed E-state index contributed by atoms with van der Waals surface area (Å²) < 4.78 is 5.47. The molecule has 2 rings (SSSR count). The minimum Gasteiger partial charge on any atom is -0.468 e. The van der Waals surface area contributed by atoms with Gasteiger partial charge in [0.25, 0.3) is 0 Å². The predicted octanol–water partition coefficient (Wildman–Crippen LogP) is 1.94. The normalized spacial score (nSPS) is 20.8. The fourth-order valence-electron chi connectivity index (χ4n) is 2.09.